The minimum absolute atomic E-state index is 0.000919. The highest BCUT2D eigenvalue weighted by Gasteiger charge is 2.13. The van der Waals surface area contributed by atoms with Crippen LogP contribution >= 0.6 is 11.6 Å². The van der Waals surface area contributed by atoms with Crippen LogP contribution < -0.4 is 5.32 Å². The van der Waals surface area contributed by atoms with Gasteiger partial charge >= 0.3 is 0 Å². The molecule has 0 unspecified atom stereocenters. The number of amides is 1. The molecule has 130 valence electrons. The van der Waals surface area contributed by atoms with Crippen molar-refractivity contribution in [2.24, 2.45) is 0 Å². The van der Waals surface area contributed by atoms with E-state index in [2.05, 4.69) is 5.32 Å². The summed E-state index contributed by atoms with van der Waals surface area (Å²) in [5, 5.41) is 13.3. The second-order valence-electron chi connectivity index (χ2n) is 5.69. The number of halogens is 1. The van der Waals surface area contributed by atoms with Crippen LogP contribution in [-0.2, 0) is 4.79 Å². The van der Waals surface area contributed by atoms with E-state index >= 15 is 0 Å². The fourth-order valence-electron chi connectivity index (χ4n) is 2.22. The molecule has 0 aliphatic carbocycles. The Morgan fingerprint density at radius 1 is 1.08 bits per heavy atom. The maximum absolute atomic E-state index is 12.2. The highest BCUT2D eigenvalue weighted by molar-refractivity contribution is 6.34. The Morgan fingerprint density at radius 2 is 1.80 bits per heavy atom. The molecule has 0 saturated carbocycles. The Morgan fingerprint density at radius 3 is 2.40 bits per heavy atom. The van der Waals surface area contributed by atoms with Crippen LogP contribution in [-0.4, -0.2) is 16.6 Å². The van der Waals surface area contributed by atoms with Crippen LogP contribution in [0.4, 0.5) is 11.4 Å². The van der Waals surface area contributed by atoms with E-state index < -0.39 is 4.92 Å². The Labute approximate surface area is 150 Å². The monoisotopic (exact) mass is 360 g/mol. The topological polar surface area (TPSA) is 89.3 Å². The summed E-state index contributed by atoms with van der Waals surface area (Å²) < 4.78 is 0. The first-order valence-corrected chi connectivity index (χ1v) is 8.00. The van der Waals surface area contributed by atoms with Gasteiger partial charge in [0.15, 0.2) is 5.78 Å². The first-order valence-electron chi connectivity index (χ1n) is 7.62. The fourth-order valence-corrected chi connectivity index (χ4v) is 2.44. The van der Waals surface area contributed by atoms with Gasteiger partial charge in [0, 0.05) is 30.5 Å². The van der Waals surface area contributed by atoms with E-state index in [1.807, 2.05) is 26.0 Å². The number of rotatable bonds is 6. The van der Waals surface area contributed by atoms with Crippen molar-refractivity contribution in [3.8, 4) is 0 Å². The Kier molecular flexibility index (Phi) is 5.88. The third kappa shape index (κ3) is 4.87. The van der Waals surface area contributed by atoms with Gasteiger partial charge in [0.25, 0.3) is 5.69 Å². The number of anilines is 1. The number of aryl methyl sites for hydroxylation is 2. The van der Waals surface area contributed by atoms with Crippen LogP contribution in [0, 0.1) is 24.0 Å². The van der Waals surface area contributed by atoms with Crippen LogP contribution in [0.5, 0.6) is 0 Å². The summed E-state index contributed by atoms with van der Waals surface area (Å²) in [6.45, 7) is 3.89. The number of hydrogen-bond acceptors (Lipinski definition) is 4. The number of nitrogens with zero attached hydrogens (tertiary/aromatic N) is 1. The number of ketones is 1. The molecule has 0 aromatic heterocycles. The van der Waals surface area contributed by atoms with Crippen molar-refractivity contribution < 1.29 is 14.5 Å². The summed E-state index contributed by atoms with van der Waals surface area (Å²) in [4.78, 5) is 34.3. The zero-order valence-corrected chi connectivity index (χ0v) is 14.6. The lowest BCUT2D eigenvalue weighted by Gasteiger charge is -2.07. The van der Waals surface area contributed by atoms with Gasteiger partial charge in [-0.25, -0.2) is 0 Å². The van der Waals surface area contributed by atoms with Gasteiger partial charge in [-0.05, 0) is 37.1 Å². The van der Waals surface area contributed by atoms with Crippen molar-refractivity contribution in [3.05, 3.63) is 68.2 Å². The molecule has 1 N–H and O–H groups in total. The second kappa shape index (κ2) is 7.90. The molecule has 0 fully saturated rings. The maximum atomic E-state index is 12.2. The van der Waals surface area contributed by atoms with Gasteiger partial charge < -0.3 is 5.32 Å². The Hall–Kier alpha value is -2.73. The number of hydrogen-bond donors (Lipinski definition) is 1. The molecule has 0 spiro atoms. The summed E-state index contributed by atoms with van der Waals surface area (Å²) in [5.74, 6) is -0.499. The molecule has 0 saturated heterocycles. The SMILES string of the molecule is Cc1ccc(C(=O)CCC(=O)Nc2ccc([N+](=O)[O-])cc2Cl)cc1C. The van der Waals surface area contributed by atoms with Gasteiger partial charge in [-0.3, -0.25) is 19.7 Å². The number of benzene rings is 2. The van der Waals surface area contributed by atoms with E-state index in [1.165, 1.54) is 12.1 Å². The number of carbonyl (C=O) groups excluding carboxylic acids is 2. The number of nitro benzene ring substituents is 1. The number of non-ortho nitro benzene ring substituents is 1. The third-order valence-corrected chi connectivity index (χ3v) is 4.16. The Bertz CT molecular complexity index is 849. The lowest BCUT2D eigenvalue weighted by Crippen LogP contribution is -2.14. The van der Waals surface area contributed by atoms with E-state index in [1.54, 1.807) is 6.07 Å². The van der Waals surface area contributed by atoms with Crippen LogP contribution in [0.2, 0.25) is 5.02 Å². The summed E-state index contributed by atoms with van der Waals surface area (Å²) in [6, 6.07) is 9.21. The first-order chi connectivity index (χ1) is 11.8. The van der Waals surface area contributed by atoms with E-state index in [4.69, 9.17) is 11.6 Å². The van der Waals surface area contributed by atoms with Crippen molar-refractivity contribution in [3.63, 3.8) is 0 Å². The predicted molar refractivity (Wildman–Crippen MR) is 96.2 cm³/mol. The molecule has 0 aliphatic heterocycles. The van der Waals surface area contributed by atoms with Crippen molar-refractivity contribution in [1.29, 1.82) is 0 Å². The number of carbonyl (C=O) groups is 2. The molecule has 7 heteroatoms. The van der Waals surface area contributed by atoms with Gasteiger partial charge in [0.05, 0.1) is 15.6 Å². The van der Waals surface area contributed by atoms with Crippen molar-refractivity contribution in [1.82, 2.24) is 0 Å². The standard InChI is InChI=1S/C18H17ClN2O4/c1-11-3-4-13(9-12(11)2)17(22)7-8-18(23)20-16-6-5-14(21(24)25)10-15(16)19/h3-6,9-10H,7-8H2,1-2H3,(H,20,23). The minimum atomic E-state index is -0.570. The second-order valence-corrected chi connectivity index (χ2v) is 6.10. The quantitative estimate of drug-likeness (QED) is 0.467. The number of Topliss-reactive ketones (excluding diaryl/α,β-unsaturated/α-hetero) is 1. The zero-order chi connectivity index (χ0) is 18.6. The molecule has 2 aromatic carbocycles. The maximum Gasteiger partial charge on any atom is 0.271 e. The largest absolute Gasteiger partial charge is 0.325 e. The summed E-state index contributed by atoms with van der Waals surface area (Å²) >= 11 is 5.92. The van der Waals surface area contributed by atoms with Gasteiger partial charge in [0.2, 0.25) is 5.91 Å². The molecular weight excluding hydrogens is 344 g/mol. The molecule has 1 amide bonds. The van der Waals surface area contributed by atoms with Gasteiger partial charge in [-0.1, -0.05) is 23.7 Å². The fraction of sp³-hybridized carbons (Fsp3) is 0.222. The summed E-state index contributed by atoms with van der Waals surface area (Å²) in [5.41, 5.74) is 2.81. The van der Waals surface area contributed by atoms with Crippen LogP contribution in [0.1, 0.15) is 34.3 Å². The number of nitrogens with one attached hydrogen (secondary N) is 1. The molecular formula is C18H17ClN2O4. The summed E-state index contributed by atoms with van der Waals surface area (Å²) in [7, 11) is 0. The molecule has 0 atom stereocenters. The highest BCUT2D eigenvalue weighted by atomic mass is 35.5. The summed E-state index contributed by atoms with van der Waals surface area (Å²) in [6.07, 6.45) is 0.0675. The smallest absolute Gasteiger partial charge is 0.271 e. The van der Waals surface area contributed by atoms with Crippen LogP contribution in [0.3, 0.4) is 0 Å². The van der Waals surface area contributed by atoms with Crippen LogP contribution in [0.15, 0.2) is 36.4 Å². The van der Waals surface area contributed by atoms with E-state index in [0.717, 1.165) is 17.2 Å². The first kappa shape index (κ1) is 18.6. The molecule has 0 radical (unpaired) electrons. The van der Waals surface area contributed by atoms with Crippen molar-refractivity contribution in [2.75, 3.05) is 5.32 Å². The molecule has 0 heterocycles. The van der Waals surface area contributed by atoms with Gasteiger partial charge in [-0.15, -0.1) is 0 Å². The lowest BCUT2D eigenvalue weighted by molar-refractivity contribution is -0.384. The lowest BCUT2D eigenvalue weighted by atomic mass is 10.0. The van der Waals surface area contributed by atoms with Gasteiger partial charge in [-0.2, -0.15) is 0 Å². The molecule has 2 rings (SSSR count). The Balaban J connectivity index is 1.95. The average Bonchev–Trinajstić information content (AvgIpc) is 2.56. The molecule has 0 aliphatic rings. The highest BCUT2D eigenvalue weighted by Crippen LogP contribution is 2.26. The average molecular weight is 361 g/mol. The zero-order valence-electron chi connectivity index (χ0n) is 13.8. The van der Waals surface area contributed by atoms with E-state index in [9.17, 15) is 19.7 Å². The number of nitro groups is 1. The molecule has 6 nitrogen and oxygen atoms in total. The normalized spacial score (nSPS) is 10.4. The molecule has 2 aromatic rings. The minimum Gasteiger partial charge on any atom is -0.325 e. The molecule has 0 bridgehead atoms. The molecule has 25 heavy (non-hydrogen) atoms. The van der Waals surface area contributed by atoms with Crippen molar-refractivity contribution >= 4 is 34.7 Å². The van der Waals surface area contributed by atoms with E-state index in [0.29, 0.717) is 5.56 Å². The predicted octanol–water partition coefficient (Wildman–Crippen LogP) is 4.47. The van der Waals surface area contributed by atoms with Gasteiger partial charge in [0.1, 0.15) is 0 Å². The van der Waals surface area contributed by atoms with Crippen molar-refractivity contribution in [2.45, 2.75) is 26.7 Å². The van der Waals surface area contributed by atoms with Crippen LogP contribution in [0.25, 0.3) is 0 Å². The third-order valence-electron chi connectivity index (χ3n) is 3.85. The van der Waals surface area contributed by atoms with E-state index in [-0.39, 0.29) is 40.9 Å².